The van der Waals surface area contributed by atoms with Gasteiger partial charge in [-0.1, -0.05) is 6.92 Å². The van der Waals surface area contributed by atoms with Crippen LogP contribution in [0.25, 0.3) is 11.0 Å². The molecule has 0 bridgehead atoms. The molecule has 1 aromatic heterocycles. The summed E-state index contributed by atoms with van der Waals surface area (Å²) in [4.78, 5) is 38.5. The maximum atomic E-state index is 12.2. The Morgan fingerprint density at radius 2 is 1.88 bits per heavy atom. The van der Waals surface area contributed by atoms with Gasteiger partial charge in [0.2, 0.25) is 0 Å². The van der Waals surface area contributed by atoms with Crippen LogP contribution in [0.4, 0.5) is 5.69 Å². The molecule has 1 fully saturated rings. The number of amides is 2. The summed E-state index contributed by atoms with van der Waals surface area (Å²) in [5, 5.41) is 5.32. The zero-order chi connectivity index (χ0) is 18.8. The second-order valence-electron chi connectivity index (χ2n) is 6.69. The minimum Gasteiger partial charge on any atom is -0.346 e. The number of aryl methyl sites for hydroxylation is 2. The van der Waals surface area contributed by atoms with Crippen molar-refractivity contribution in [1.29, 1.82) is 0 Å². The summed E-state index contributed by atoms with van der Waals surface area (Å²) < 4.78 is 3.04. The van der Waals surface area contributed by atoms with Crippen molar-refractivity contribution < 1.29 is 9.59 Å². The number of hydrogen-bond donors (Lipinski definition) is 2. The van der Waals surface area contributed by atoms with E-state index in [4.69, 9.17) is 0 Å². The van der Waals surface area contributed by atoms with Crippen molar-refractivity contribution in [2.75, 3.05) is 25.0 Å². The molecule has 0 spiro atoms. The fraction of sp³-hybridized carbons (Fsp3) is 0.500. The number of rotatable bonds is 4. The summed E-state index contributed by atoms with van der Waals surface area (Å²) in [6.07, 6.45) is 2.16. The first-order chi connectivity index (χ1) is 12.4. The molecular formula is C18H25N5O3. The average molecular weight is 359 g/mol. The summed E-state index contributed by atoms with van der Waals surface area (Å²) in [6, 6.07) is 5.43. The number of anilines is 1. The molecule has 1 atom stereocenters. The molecule has 1 aliphatic heterocycles. The molecule has 8 heteroatoms. The summed E-state index contributed by atoms with van der Waals surface area (Å²) in [5.74, 6) is -1.35. The molecule has 2 heterocycles. The van der Waals surface area contributed by atoms with Gasteiger partial charge >= 0.3 is 17.5 Å². The number of fused-ring (bicyclic) bond motifs is 1. The molecule has 8 nitrogen and oxygen atoms in total. The van der Waals surface area contributed by atoms with Crippen molar-refractivity contribution in [3.05, 3.63) is 28.7 Å². The van der Waals surface area contributed by atoms with Crippen LogP contribution in [0.2, 0.25) is 0 Å². The fourth-order valence-corrected chi connectivity index (χ4v) is 3.61. The third-order valence-electron chi connectivity index (χ3n) is 5.14. The molecule has 1 aromatic carbocycles. The number of likely N-dealkylation sites (N-methyl/N-ethyl adjacent to an activating group) is 1. The van der Waals surface area contributed by atoms with E-state index in [0.29, 0.717) is 23.8 Å². The van der Waals surface area contributed by atoms with Crippen molar-refractivity contribution in [2.45, 2.75) is 25.8 Å². The van der Waals surface area contributed by atoms with Crippen LogP contribution in [0.5, 0.6) is 0 Å². The zero-order valence-corrected chi connectivity index (χ0v) is 15.4. The first-order valence-corrected chi connectivity index (χ1v) is 8.91. The van der Waals surface area contributed by atoms with E-state index in [-0.39, 0.29) is 5.69 Å². The van der Waals surface area contributed by atoms with Gasteiger partial charge in [0.1, 0.15) is 0 Å². The molecule has 1 aliphatic rings. The van der Waals surface area contributed by atoms with E-state index in [1.807, 2.05) is 0 Å². The van der Waals surface area contributed by atoms with E-state index in [1.165, 1.54) is 9.13 Å². The lowest BCUT2D eigenvalue weighted by Crippen LogP contribution is -2.43. The Morgan fingerprint density at radius 3 is 2.62 bits per heavy atom. The van der Waals surface area contributed by atoms with Crippen molar-refractivity contribution in [3.8, 4) is 0 Å². The Bertz CT molecular complexity index is 898. The Hall–Kier alpha value is -2.61. The quantitative estimate of drug-likeness (QED) is 0.775. The number of aromatic nitrogens is 2. The molecule has 2 aromatic rings. The van der Waals surface area contributed by atoms with E-state index < -0.39 is 11.8 Å². The summed E-state index contributed by atoms with van der Waals surface area (Å²) in [5.41, 5.74) is 1.80. The molecule has 0 saturated carbocycles. The molecule has 0 radical (unpaired) electrons. The largest absolute Gasteiger partial charge is 0.346 e. The molecule has 1 saturated heterocycles. The first-order valence-electron chi connectivity index (χ1n) is 8.91. The Labute approximate surface area is 151 Å². The number of carbonyl (C=O) groups is 2. The van der Waals surface area contributed by atoms with Gasteiger partial charge in [0, 0.05) is 32.4 Å². The number of hydrogen-bond acceptors (Lipinski definition) is 4. The highest BCUT2D eigenvalue weighted by molar-refractivity contribution is 6.39. The third-order valence-corrected chi connectivity index (χ3v) is 5.14. The average Bonchev–Trinajstić information content (AvgIpc) is 3.18. The fourth-order valence-electron chi connectivity index (χ4n) is 3.61. The van der Waals surface area contributed by atoms with Crippen LogP contribution in [0, 0.1) is 0 Å². The summed E-state index contributed by atoms with van der Waals surface area (Å²) >= 11 is 0. The van der Waals surface area contributed by atoms with Crippen LogP contribution in [-0.2, 0) is 23.7 Å². The highest BCUT2D eigenvalue weighted by atomic mass is 16.2. The lowest BCUT2D eigenvalue weighted by atomic mass is 10.2. The van der Waals surface area contributed by atoms with E-state index in [0.717, 1.165) is 31.4 Å². The Kier molecular flexibility index (Phi) is 5.13. The zero-order valence-electron chi connectivity index (χ0n) is 15.4. The lowest BCUT2D eigenvalue weighted by molar-refractivity contribution is -0.136. The van der Waals surface area contributed by atoms with Gasteiger partial charge in [0.15, 0.2) is 0 Å². The van der Waals surface area contributed by atoms with Gasteiger partial charge in [-0.25, -0.2) is 4.79 Å². The highest BCUT2D eigenvalue weighted by Gasteiger charge is 2.24. The summed E-state index contributed by atoms with van der Waals surface area (Å²) in [7, 11) is 3.36. The van der Waals surface area contributed by atoms with E-state index in [9.17, 15) is 14.4 Å². The molecule has 2 N–H and O–H groups in total. The third kappa shape index (κ3) is 3.37. The molecule has 26 heavy (non-hydrogen) atoms. The van der Waals surface area contributed by atoms with Gasteiger partial charge in [-0.15, -0.1) is 0 Å². The van der Waals surface area contributed by atoms with Gasteiger partial charge in [0.05, 0.1) is 11.0 Å². The Morgan fingerprint density at radius 1 is 1.15 bits per heavy atom. The molecule has 140 valence electrons. The second kappa shape index (κ2) is 7.33. The predicted molar refractivity (Wildman–Crippen MR) is 100 cm³/mol. The van der Waals surface area contributed by atoms with Gasteiger partial charge in [-0.2, -0.15) is 0 Å². The van der Waals surface area contributed by atoms with Crippen LogP contribution in [0.15, 0.2) is 23.0 Å². The van der Waals surface area contributed by atoms with Gasteiger partial charge in [-0.3, -0.25) is 23.6 Å². The molecule has 2 amide bonds. The number of carbonyl (C=O) groups excluding carboxylic acids is 2. The van der Waals surface area contributed by atoms with Crippen molar-refractivity contribution in [3.63, 3.8) is 0 Å². The maximum absolute atomic E-state index is 12.2. The smallest absolute Gasteiger partial charge is 0.328 e. The van der Waals surface area contributed by atoms with Crippen molar-refractivity contribution in [1.82, 2.24) is 19.4 Å². The normalized spacial score (nSPS) is 17.6. The van der Waals surface area contributed by atoms with Crippen LogP contribution in [0.3, 0.4) is 0 Å². The predicted octanol–water partition coefficient (Wildman–Crippen LogP) is 0.416. The minimum absolute atomic E-state index is 0.140. The van der Waals surface area contributed by atoms with E-state index in [1.54, 1.807) is 32.3 Å². The number of nitrogens with zero attached hydrogens (tertiary/aromatic N) is 3. The molecule has 3 rings (SSSR count). The maximum Gasteiger partial charge on any atom is 0.328 e. The number of benzene rings is 1. The van der Waals surface area contributed by atoms with E-state index in [2.05, 4.69) is 22.5 Å². The topological polar surface area (TPSA) is 88.4 Å². The SMILES string of the molecule is CCN1CCC[C@H]1CNC(=O)C(=O)Nc1ccc2c(c1)n(C)c(=O)n2C. The van der Waals surface area contributed by atoms with Gasteiger partial charge in [0.25, 0.3) is 0 Å². The monoisotopic (exact) mass is 359 g/mol. The van der Waals surface area contributed by atoms with Crippen LogP contribution in [0.1, 0.15) is 19.8 Å². The van der Waals surface area contributed by atoms with Crippen molar-refractivity contribution in [2.24, 2.45) is 14.1 Å². The van der Waals surface area contributed by atoms with Crippen molar-refractivity contribution >= 4 is 28.5 Å². The first kappa shape index (κ1) is 18.2. The summed E-state index contributed by atoms with van der Waals surface area (Å²) in [6.45, 7) is 4.56. The van der Waals surface area contributed by atoms with E-state index >= 15 is 0 Å². The van der Waals surface area contributed by atoms with Crippen LogP contribution in [-0.4, -0.2) is 51.5 Å². The number of likely N-dealkylation sites (tertiary alicyclic amines) is 1. The lowest BCUT2D eigenvalue weighted by Gasteiger charge is -2.22. The molecular weight excluding hydrogens is 334 g/mol. The minimum atomic E-state index is -0.702. The highest BCUT2D eigenvalue weighted by Crippen LogP contribution is 2.18. The molecule has 0 aliphatic carbocycles. The molecule has 0 unspecified atom stereocenters. The van der Waals surface area contributed by atoms with Crippen LogP contribution < -0.4 is 16.3 Å². The van der Waals surface area contributed by atoms with Gasteiger partial charge < -0.3 is 10.6 Å². The standard InChI is InChI=1S/C18H25N5O3/c1-4-23-9-5-6-13(23)11-19-16(24)17(25)20-12-7-8-14-15(10-12)22(3)18(26)21(14)2/h7-8,10,13H,4-6,9,11H2,1-3H3,(H,19,24)(H,20,25)/t13-/m0/s1. The van der Waals surface area contributed by atoms with Gasteiger partial charge in [-0.05, 0) is 44.1 Å². The van der Waals surface area contributed by atoms with Crippen LogP contribution >= 0.6 is 0 Å². The Balaban J connectivity index is 1.64. The second-order valence-corrected chi connectivity index (χ2v) is 6.69. The number of nitrogens with one attached hydrogen (secondary N) is 2. The number of imidazole rings is 1.